The Labute approximate surface area is 187 Å². The van der Waals surface area contributed by atoms with Crippen LogP contribution in [0.5, 0.6) is 11.5 Å². The van der Waals surface area contributed by atoms with Crippen LogP contribution in [0.3, 0.4) is 0 Å². The number of carbonyl (C=O) groups is 1. The summed E-state index contributed by atoms with van der Waals surface area (Å²) in [5.41, 5.74) is 2.03. The molecule has 0 saturated heterocycles. The van der Waals surface area contributed by atoms with Gasteiger partial charge in [-0.05, 0) is 36.0 Å². The van der Waals surface area contributed by atoms with Crippen molar-refractivity contribution < 1.29 is 24.1 Å². The van der Waals surface area contributed by atoms with Crippen LogP contribution >= 0.6 is 0 Å². The van der Waals surface area contributed by atoms with Crippen molar-refractivity contribution in [1.29, 1.82) is 0 Å². The van der Waals surface area contributed by atoms with Crippen LogP contribution in [0.15, 0.2) is 29.2 Å². The third-order valence-electron chi connectivity index (χ3n) is 6.89. The summed E-state index contributed by atoms with van der Waals surface area (Å²) >= 11 is 0. The highest BCUT2D eigenvalue weighted by Gasteiger charge is 2.45. The Balaban J connectivity index is 1.90. The number of carboxylic acid groups (broad SMARTS) is 1. The number of fused-ring (bicyclic) bond motifs is 6. The van der Waals surface area contributed by atoms with E-state index in [4.69, 9.17) is 14.2 Å². The normalized spacial score (nSPS) is 20.6. The van der Waals surface area contributed by atoms with E-state index in [0.717, 1.165) is 42.5 Å². The molecule has 2 heterocycles. The van der Waals surface area contributed by atoms with E-state index in [1.54, 1.807) is 14.2 Å². The number of hydrogen-bond acceptors (Lipinski definition) is 5. The molecular weight excluding hydrogens is 410 g/mol. The molecular formula is C25H31NO6. The van der Waals surface area contributed by atoms with E-state index in [1.807, 2.05) is 10.6 Å². The Bertz CT molecular complexity index is 1090. The number of ether oxygens (including phenoxy) is 3. The molecule has 32 heavy (non-hydrogen) atoms. The van der Waals surface area contributed by atoms with Crippen molar-refractivity contribution >= 4 is 5.97 Å². The lowest BCUT2D eigenvalue weighted by Crippen LogP contribution is -2.40. The molecule has 7 heteroatoms. The van der Waals surface area contributed by atoms with Gasteiger partial charge in [0.25, 0.3) is 0 Å². The van der Waals surface area contributed by atoms with Crippen LogP contribution in [-0.4, -0.2) is 43.1 Å². The van der Waals surface area contributed by atoms with E-state index in [0.29, 0.717) is 24.7 Å². The lowest BCUT2D eigenvalue weighted by atomic mass is 9.63. The second-order valence-corrected chi connectivity index (χ2v) is 9.37. The maximum absolute atomic E-state index is 12.6. The molecule has 2 aromatic rings. The van der Waals surface area contributed by atoms with Gasteiger partial charge < -0.3 is 23.9 Å². The van der Waals surface area contributed by atoms with Gasteiger partial charge in [0.05, 0.1) is 19.4 Å². The zero-order valence-corrected chi connectivity index (χ0v) is 19.1. The van der Waals surface area contributed by atoms with Gasteiger partial charge in [0.15, 0.2) is 16.9 Å². The van der Waals surface area contributed by atoms with Crippen molar-refractivity contribution in [3.8, 4) is 22.8 Å². The number of aromatic nitrogens is 1. The second-order valence-electron chi connectivity index (χ2n) is 9.37. The van der Waals surface area contributed by atoms with Crippen molar-refractivity contribution in [2.24, 2.45) is 5.41 Å². The van der Waals surface area contributed by atoms with Crippen LogP contribution in [0.25, 0.3) is 11.3 Å². The first-order valence-corrected chi connectivity index (χ1v) is 11.1. The van der Waals surface area contributed by atoms with Crippen LogP contribution in [0.4, 0.5) is 0 Å². The van der Waals surface area contributed by atoms with Crippen molar-refractivity contribution in [3.63, 3.8) is 0 Å². The first-order chi connectivity index (χ1) is 15.3. The maximum atomic E-state index is 12.6. The zero-order chi connectivity index (χ0) is 23.0. The molecule has 1 aliphatic heterocycles. The molecule has 4 rings (SSSR count). The fraction of sp³-hybridized carbons (Fsp3) is 0.520. The molecule has 2 atom stereocenters. The Morgan fingerprint density at radius 1 is 1.19 bits per heavy atom. The van der Waals surface area contributed by atoms with E-state index in [2.05, 4.69) is 19.9 Å². The molecule has 1 N–H and O–H groups in total. The van der Waals surface area contributed by atoms with Crippen LogP contribution in [-0.2, 0) is 4.74 Å². The van der Waals surface area contributed by atoms with Crippen LogP contribution in [0, 0.1) is 5.41 Å². The predicted octanol–water partition coefficient (Wildman–Crippen LogP) is 4.49. The molecule has 172 valence electrons. The van der Waals surface area contributed by atoms with Crippen molar-refractivity contribution in [3.05, 3.63) is 45.7 Å². The molecule has 0 bridgehead atoms. The van der Waals surface area contributed by atoms with Gasteiger partial charge >= 0.3 is 5.97 Å². The molecule has 2 aliphatic rings. The molecule has 1 aromatic heterocycles. The van der Waals surface area contributed by atoms with Gasteiger partial charge in [0, 0.05) is 49.9 Å². The van der Waals surface area contributed by atoms with E-state index in [9.17, 15) is 14.7 Å². The van der Waals surface area contributed by atoms with E-state index in [1.165, 1.54) is 12.3 Å². The molecule has 1 fully saturated rings. The van der Waals surface area contributed by atoms with Gasteiger partial charge in [-0.1, -0.05) is 20.3 Å². The van der Waals surface area contributed by atoms with Crippen LogP contribution < -0.4 is 14.9 Å². The summed E-state index contributed by atoms with van der Waals surface area (Å²) < 4.78 is 18.8. The molecule has 7 nitrogen and oxygen atoms in total. The summed E-state index contributed by atoms with van der Waals surface area (Å²) in [7, 11) is 3.26. The highest BCUT2D eigenvalue weighted by Crippen LogP contribution is 2.57. The van der Waals surface area contributed by atoms with Crippen LogP contribution in [0.2, 0.25) is 0 Å². The third-order valence-corrected chi connectivity index (χ3v) is 6.89. The number of carboxylic acids is 1. The third kappa shape index (κ3) is 3.79. The minimum Gasteiger partial charge on any atom is -0.493 e. The minimum absolute atomic E-state index is 0.0483. The van der Waals surface area contributed by atoms with Crippen molar-refractivity contribution in [1.82, 2.24) is 4.57 Å². The van der Waals surface area contributed by atoms with Gasteiger partial charge in [-0.15, -0.1) is 0 Å². The average molecular weight is 442 g/mol. The van der Waals surface area contributed by atoms with Crippen LogP contribution in [0.1, 0.15) is 67.4 Å². The molecule has 1 saturated carbocycles. The molecule has 0 amide bonds. The fourth-order valence-corrected chi connectivity index (χ4v) is 5.44. The molecule has 1 aromatic carbocycles. The van der Waals surface area contributed by atoms with Crippen molar-refractivity contribution in [2.45, 2.75) is 51.5 Å². The highest BCUT2D eigenvalue weighted by molar-refractivity contribution is 5.88. The van der Waals surface area contributed by atoms with E-state index >= 15 is 0 Å². The van der Waals surface area contributed by atoms with Gasteiger partial charge in [0.2, 0.25) is 0 Å². The summed E-state index contributed by atoms with van der Waals surface area (Å²) in [5, 5.41) is 9.57. The number of rotatable bonds is 7. The van der Waals surface area contributed by atoms with E-state index < -0.39 is 11.4 Å². The number of methoxy groups -OCH3 is 2. The quantitative estimate of drug-likeness (QED) is 0.637. The number of nitrogens with zero attached hydrogens (tertiary/aromatic N) is 1. The van der Waals surface area contributed by atoms with Gasteiger partial charge in [0.1, 0.15) is 5.56 Å². The Hall–Kier alpha value is -2.80. The number of hydrogen-bond donors (Lipinski definition) is 1. The SMILES string of the molecule is COCCCOc1cc2c(cc1OC)-c1cc(=O)c(C(=O)O)cn1C1[C@H]2CCCC1(C)C. The molecule has 0 radical (unpaired) electrons. The summed E-state index contributed by atoms with van der Waals surface area (Å²) in [5.74, 6) is 0.273. The fourth-order valence-electron chi connectivity index (χ4n) is 5.44. The maximum Gasteiger partial charge on any atom is 0.341 e. The highest BCUT2D eigenvalue weighted by atomic mass is 16.5. The Morgan fingerprint density at radius 3 is 2.66 bits per heavy atom. The Morgan fingerprint density at radius 2 is 1.97 bits per heavy atom. The smallest absolute Gasteiger partial charge is 0.341 e. The summed E-state index contributed by atoms with van der Waals surface area (Å²) in [6.07, 6.45) is 5.42. The van der Waals surface area contributed by atoms with Gasteiger partial charge in [-0.3, -0.25) is 4.79 Å². The molecule has 1 aliphatic carbocycles. The minimum atomic E-state index is -1.20. The van der Waals surface area contributed by atoms with Crippen molar-refractivity contribution in [2.75, 3.05) is 27.4 Å². The largest absolute Gasteiger partial charge is 0.493 e. The number of benzene rings is 1. The predicted molar refractivity (Wildman–Crippen MR) is 121 cm³/mol. The average Bonchev–Trinajstić information content (AvgIpc) is 2.75. The topological polar surface area (TPSA) is 87.0 Å². The monoisotopic (exact) mass is 441 g/mol. The first kappa shape index (κ1) is 22.4. The summed E-state index contributed by atoms with van der Waals surface area (Å²) in [4.78, 5) is 24.3. The molecule has 1 unspecified atom stereocenters. The number of pyridine rings is 1. The summed E-state index contributed by atoms with van der Waals surface area (Å²) in [6.45, 7) is 5.58. The Kier molecular flexibility index (Phi) is 6.03. The molecule has 0 spiro atoms. The second kappa shape index (κ2) is 8.62. The first-order valence-electron chi connectivity index (χ1n) is 11.1. The lowest BCUT2D eigenvalue weighted by Gasteiger charge is -2.49. The number of aromatic carboxylic acids is 1. The van der Waals surface area contributed by atoms with Gasteiger partial charge in [-0.25, -0.2) is 4.79 Å². The lowest BCUT2D eigenvalue weighted by molar-refractivity contribution is 0.0691. The van der Waals surface area contributed by atoms with Gasteiger partial charge in [-0.2, -0.15) is 0 Å². The van der Waals surface area contributed by atoms with E-state index in [-0.39, 0.29) is 22.9 Å². The summed E-state index contributed by atoms with van der Waals surface area (Å²) in [6, 6.07) is 5.48. The standard InChI is InChI=1S/C25H31NO6/c1-25(2)8-5-7-15-16-11-22(32-10-6-9-30-3)21(31-4)12-17(16)19-13-20(27)18(24(28)29)14-26(19)23(15)25/h11-15,23H,5-10H2,1-4H3,(H,28,29)/t15-,23?/m0/s1. The zero-order valence-electron chi connectivity index (χ0n) is 19.1.